The van der Waals surface area contributed by atoms with E-state index >= 15 is 0 Å². The standard InChI is InChI=1S/C13H13Cl2N3/c1-2-16-13-8-10(5-6-17-13)18-9-3-4-11(14)12(15)7-9/h3-8H,2H2,1H3,(H2,16,17,18). The molecular formula is C13H13Cl2N3. The van der Waals surface area contributed by atoms with E-state index in [2.05, 4.69) is 15.6 Å². The van der Waals surface area contributed by atoms with Gasteiger partial charge < -0.3 is 10.6 Å². The van der Waals surface area contributed by atoms with E-state index in [-0.39, 0.29) is 0 Å². The first kappa shape index (κ1) is 13.0. The largest absolute Gasteiger partial charge is 0.370 e. The molecule has 0 radical (unpaired) electrons. The molecule has 0 spiro atoms. The smallest absolute Gasteiger partial charge is 0.127 e. The lowest BCUT2D eigenvalue weighted by molar-refractivity contribution is 1.16. The summed E-state index contributed by atoms with van der Waals surface area (Å²) in [7, 11) is 0. The molecule has 0 saturated heterocycles. The molecule has 0 bridgehead atoms. The maximum atomic E-state index is 5.96. The highest BCUT2D eigenvalue weighted by Gasteiger charge is 2.01. The summed E-state index contributed by atoms with van der Waals surface area (Å²) in [5.41, 5.74) is 1.83. The van der Waals surface area contributed by atoms with Crippen LogP contribution in [0.25, 0.3) is 0 Å². The van der Waals surface area contributed by atoms with Crippen molar-refractivity contribution in [2.45, 2.75) is 6.92 Å². The lowest BCUT2D eigenvalue weighted by Gasteiger charge is -2.09. The van der Waals surface area contributed by atoms with Crippen LogP contribution in [0.4, 0.5) is 17.2 Å². The summed E-state index contributed by atoms with van der Waals surface area (Å²) in [6.45, 7) is 2.87. The minimum Gasteiger partial charge on any atom is -0.370 e. The van der Waals surface area contributed by atoms with E-state index in [0.717, 1.165) is 23.7 Å². The van der Waals surface area contributed by atoms with Crippen molar-refractivity contribution < 1.29 is 0 Å². The molecule has 3 nitrogen and oxygen atoms in total. The zero-order valence-electron chi connectivity index (χ0n) is 9.87. The highest BCUT2D eigenvalue weighted by Crippen LogP contribution is 2.27. The molecule has 2 rings (SSSR count). The van der Waals surface area contributed by atoms with Gasteiger partial charge >= 0.3 is 0 Å². The van der Waals surface area contributed by atoms with Crippen molar-refractivity contribution in [1.29, 1.82) is 0 Å². The monoisotopic (exact) mass is 281 g/mol. The van der Waals surface area contributed by atoms with Gasteiger partial charge in [-0.2, -0.15) is 0 Å². The maximum Gasteiger partial charge on any atom is 0.127 e. The van der Waals surface area contributed by atoms with Crippen LogP contribution in [0.3, 0.4) is 0 Å². The molecule has 2 aromatic rings. The number of nitrogens with zero attached hydrogens (tertiary/aromatic N) is 1. The number of hydrogen-bond donors (Lipinski definition) is 2. The van der Waals surface area contributed by atoms with Gasteiger partial charge in [0.05, 0.1) is 10.0 Å². The molecule has 1 aromatic heterocycles. The summed E-state index contributed by atoms with van der Waals surface area (Å²) in [6.07, 6.45) is 1.75. The molecule has 1 heterocycles. The second-order valence-corrected chi connectivity index (χ2v) is 4.53. The molecule has 0 fully saturated rings. The number of halogens is 2. The molecule has 0 aliphatic rings. The zero-order chi connectivity index (χ0) is 13.0. The minimum atomic E-state index is 0.530. The van der Waals surface area contributed by atoms with E-state index in [4.69, 9.17) is 23.2 Å². The number of anilines is 3. The van der Waals surface area contributed by atoms with Crippen LogP contribution in [0.1, 0.15) is 6.92 Å². The molecule has 0 aliphatic heterocycles. The van der Waals surface area contributed by atoms with Gasteiger partial charge in [0.15, 0.2) is 0 Å². The average Bonchev–Trinajstić information content (AvgIpc) is 2.35. The van der Waals surface area contributed by atoms with Crippen LogP contribution in [0.5, 0.6) is 0 Å². The molecule has 1 aromatic carbocycles. The number of aromatic nitrogens is 1. The molecule has 0 amide bonds. The van der Waals surface area contributed by atoms with Crippen LogP contribution >= 0.6 is 23.2 Å². The van der Waals surface area contributed by atoms with E-state index in [0.29, 0.717) is 10.0 Å². The Balaban J connectivity index is 2.17. The van der Waals surface area contributed by atoms with Gasteiger partial charge in [-0.3, -0.25) is 0 Å². The normalized spacial score (nSPS) is 10.2. The van der Waals surface area contributed by atoms with Gasteiger partial charge in [0.1, 0.15) is 5.82 Å². The van der Waals surface area contributed by atoms with Gasteiger partial charge in [0.25, 0.3) is 0 Å². The topological polar surface area (TPSA) is 37.0 Å². The molecule has 0 saturated carbocycles. The van der Waals surface area contributed by atoms with Gasteiger partial charge in [-0.25, -0.2) is 4.98 Å². The Morgan fingerprint density at radius 1 is 1.06 bits per heavy atom. The third kappa shape index (κ3) is 3.28. The van der Waals surface area contributed by atoms with Crippen LogP contribution in [-0.2, 0) is 0 Å². The molecule has 2 N–H and O–H groups in total. The van der Waals surface area contributed by atoms with Crippen LogP contribution in [0.15, 0.2) is 36.5 Å². The fourth-order valence-electron chi connectivity index (χ4n) is 1.53. The van der Waals surface area contributed by atoms with Crippen molar-refractivity contribution in [3.8, 4) is 0 Å². The highest BCUT2D eigenvalue weighted by atomic mass is 35.5. The van der Waals surface area contributed by atoms with E-state index in [9.17, 15) is 0 Å². The third-order valence-electron chi connectivity index (χ3n) is 2.33. The molecule has 18 heavy (non-hydrogen) atoms. The summed E-state index contributed by atoms with van der Waals surface area (Å²) in [5.74, 6) is 0.836. The summed E-state index contributed by atoms with van der Waals surface area (Å²) >= 11 is 11.8. The third-order valence-corrected chi connectivity index (χ3v) is 3.07. The lowest BCUT2D eigenvalue weighted by Crippen LogP contribution is -1.99. The summed E-state index contributed by atoms with van der Waals surface area (Å²) < 4.78 is 0. The quantitative estimate of drug-likeness (QED) is 0.862. The molecule has 5 heteroatoms. The summed E-state index contributed by atoms with van der Waals surface area (Å²) in [6, 6.07) is 9.26. The molecule has 94 valence electrons. The highest BCUT2D eigenvalue weighted by molar-refractivity contribution is 6.42. The van der Waals surface area contributed by atoms with Gasteiger partial charge in [-0.05, 0) is 31.2 Å². The molecule has 0 aliphatic carbocycles. The van der Waals surface area contributed by atoms with Gasteiger partial charge in [0.2, 0.25) is 0 Å². The second kappa shape index (κ2) is 5.94. The van der Waals surface area contributed by atoms with Gasteiger partial charge in [-0.15, -0.1) is 0 Å². The molecular weight excluding hydrogens is 269 g/mol. The van der Waals surface area contributed by atoms with Crippen molar-refractivity contribution in [3.05, 3.63) is 46.6 Å². The SMILES string of the molecule is CCNc1cc(Nc2ccc(Cl)c(Cl)c2)ccn1. The van der Waals surface area contributed by atoms with E-state index in [1.807, 2.05) is 25.1 Å². The van der Waals surface area contributed by atoms with Crippen molar-refractivity contribution in [1.82, 2.24) is 4.98 Å². The number of nitrogens with one attached hydrogen (secondary N) is 2. The van der Waals surface area contributed by atoms with Crippen LogP contribution in [-0.4, -0.2) is 11.5 Å². The first-order valence-corrected chi connectivity index (χ1v) is 6.36. The Bertz CT molecular complexity index is 544. The summed E-state index contributed by atoms with van der Waals surface area (Å²) in [4.78, 5) is 4.20. The van der Waals surface area contributed by atoms with E-state index < -0.39 is 0 Å². The minimum absolute atomic E-state index is 0.530. The number of rotatable bonds is 4. The van der Waals surface area contributed by atoms with Crippen LogP contribution in [0, 0.1) is 0 Å². The van der Waals surface area contributed by atoms with E-state index in [1.165, 1.54) is 0 Å². The van der Waals surface area contributed by atoms with Crippen molar-refractivity contribution in [2.24, 2.45) is 0 Å². The predicted molar refractivity (Wildman–Crippen MR) is 78.1 cm³/mol. The zero-order valence-corrected chi connectivity index (χ0v) is 11.4. The lowest BCUT2D eigenvalue weighted by atomic mass is 10.3. The second-order valence-electron chi connectivity index (χ2n) is 3.71. The van der Waals surface area contributed by atoms with Gasteiger partial charge in [0, 0.05) is 30.2 Å². The Labute approximate surface area is 116 Å². The van der Waals surface area contributed by atoms with E-state index in [1.54, 1.807) is 18.3 Å². The van der Waals surface area contributed by atoms with Crippen molar-refractivity contribution in [3.63, 3.8) is 0 Å². The number of benzene rings is 1. The van der Waals surface area contributed by atoms with Gasteiger partial charge in [-0.1, -0.05) is 23.2 Å². The number of pyridine rings is 1. The fraction of sp³-hybridized carbons (Fsp3) is 0.154. The number of hydrogen-bond acceptors (Lipinski definition) is 3. The Morgan fingerprint density at radius 2 is 1.83 bits per heavy atom. The first-order valence-electron chi connectivity index (χ1n) is 5.61. The van der Waals surface area contributed by atoms with Crippen LogP contribution < -0.4 is 10.6 Å². The summed E-state index contributed by atoms with van der Waals surface area (Å²) in [5, 5.41) is 7.48. The maximum absolute atomic E-state index is 5.96. The predicted octanol–water partition coefficient (Wildman–Crippen LogP) is 4.56. The fourth-order valence-corrected chi connectivity index (χ4v) is 1.82. The molecule has 0 unspecified atom stereocenters. The Morgan fingerprint density at radius 3 is 2.56 bits per heavy atom. The average molecular weight is 282 g/mol. The first-order chi connectivity index (χ1) is 8.69. The Hall–Kier alpha value is -1.45. The van der Waals surface area contributed by atoms with Crippen LogP contribution in [0.2, 0.25) is 10.0 Å². The Kier molecular flexibility index (Phi) is 4.28. The van der Waals surface area contributed by atoms with Crippen molar-refractivity contribution in [2.75, 3.05) is 17.2 Å². The molecule has 0 atom stereocenters. The van der Waals surface area contributed by atoms with Crippen molar-refractivity contribution >= 4 is 40.4 Å².